The molecule has 10 heteroatoms. The Hall–Kier alpha value is -3.56. The van der Waals surface area contributed by atoms with Crippen LogP contribution in [0.3, 0.4) is 0 Å². The van der Waals surface area contributed by atoms with Crippen molar-refractivity contribution in [3.8, 4) is 0 Å². The van der Waals surface area contributed by atoms with Gasteiger partial charge in [0.05, 0.1) is 16.6 Å². The van der Waals surface area contributed by atoms with Crippen LogP contribution in [-0.2, 0) is 21.2 Å². The van der Waals surface area contributed by atoms with Crippen molar-refractivity contribution in [3.63, 3.8) is 0 Å². The van der Waals surface area contributed by atoms with E-state index in [2.05, 4.69) is 13.2 Å². The van der Waals surface area contributed by atoms with Crippen LogP contribution in [0, 0.1) is 17.5 Å². The Morgan fingerprint density at radius 3 is 2.15 bits per heavy atom. The molecule has 0 saturated carbocycles. The molecule has 0 aromatic heterocycles. The molecule has 0 unspecified atom stereocenters. The van der Waals surface area contributed by atoms with Gasteiger partial charge in [0.15, 0.2) is 0 Å². The number of hydrogen-bond acceptors (Lipinski definition) is 3. The number of amides is 1. The summed E-state index contributed by atoms with van der Waals surface area (Å²) in [4.78, 5) is 14.1. The highest BCUT2D eigenvalue weighted by atomic mass is 35.5. The van der Waals surface area contributed by atoms with Gasteiger partial charge < -0.3 is 4.90 Å². The fourth-order valence-electron chi connectivity index (χ4n) is 4.24. The van der Waals surface area contributed by atoms with E-state index < -0.39 is 39.2 Å². The Labute approximate surface area is 231 Å². The van der Waals surface area contributed by atoms with Crippen LogP contribution in [0.15, 0.2) is 90.9 Å². The maximum Gasteiger partial charge on any atom is 0.264 e. The molecule has 1 amide bonds. The van der Waals surface area contributed by atoms with Crippen molar-refractivity contribution in [3.05, 3.63) is 120 Å². The molecule has 0 aliphatic heterocycles. The van der Waals surface area contributed by atoms with Crippen molar-refractivity contribution >= 4 is 33.2 Å². The predicted octanol–water partition coefficient (Wildman–Crippen LogP) is 6.85. The second-order valence-electron chi connectivity index (χ2n) is 8.75. The van der Waals surface area contributed by atoms with Crippen LogP contribution in [-0.4, -0.2) is 32.3 Å². The number of carbonyl (C=O) groups is 1. The number of rotatable bonds is 12. The van der Waals surface area contributed by atoms with E-state index >= 15 is 4.39 Å². The molecule has 0 fully saturated rings. The zero-order chi connectivity index (χ0) is 28.7. The summed E-state index contributed by atoms with van der Waals surface area (Å²) in [5.41, 5.74) is 0.150. The quantitative estimate of drug-likeness (QED) is 0.222. The summed E-state index contributed by atoms with van der Waals surface area (Å²) in [6, 6.07) is 10.4. The van der Waals surface area contributed by atoms with E-state index in [-0.39, 0.29) is 28.7 Å². The number of sulfonamides is 1. The van der Waals surface area contributed by atoms with E-state index in [0.29, 0.717) is 24.2 Å². The number of benzene rings is 3. The molecular weight excluding hydrogens is 549 g/mol. The zero-order valence-corrected chi connectivity index (χ0v) is 22.9. The number of nitrogens with zero attached hydrogens (tertiary/aromatic N) is 2. The molecule has 0 aliphatic carbocycles. The van der Waals surface area contributed by atoms with E-state index in [1.165, 1.54) is 48.2 Å². The van der Waals surface area contributed by atoms with E-state index in [0.717, 1.165) is 28.6 Å². The van der Waals surface area contributed by atoms with Crippen molar-refractivity contribution in [2.24, 2.45) is 0 Å². The van der Waals surface area contributed by atoms with Crippen molar-refractivity contribution in [2.75, 3.05) is 17.4 Å². The summed E-state index contributed by atoms with van der Waals surface area (Å²) < 4.78 is 72.1. The van der Waals surface area contributed by atoms with Crippen LogP contribution >= 0.6 is 11.6 Å². The lowest BCUT2D eigenvalue weighted by atomic mass is 9.97. The highest BCUT2D eigenvalue weighted by Crippen LogP contribution is 2.37. The summed E-state index contributed by atoms with van der Waals surface area (Å²) in [6.07, 6.45) is 3.21. The van der Waals surface area contributed by atoms with Gasteiger partial charge in [0.1, 0.15) is 17.5 Å². The predicted molar refractivity (Wildman–Crippen MR) is 148 cm³/mol. The highest BCUT2D eigenvalue weighted by Gasteiger charge is 2.34. The summed E-state index contributed by atoms with van der Waals surface area (Å²) in [7, 11) is -4.47. The monoisotopic (exact) mass is 576 g/mol. The van der Waals surface area contributed by atoms with Crippen molar-refractivity contribution < 1.29 is 26.4 Å². The third-order valence-electron chi connectivity index (χ3n) is 6.08. The van der Waals surface area contributed by atoms with Crippen LogP contribution in [0.4, 0.5) is 18.9 Å². The molecule has 5 nitrogen and oxygen atoms in total. The SMILES string of the molecule is C=CCN(CC=C)C(=O)CCc1cc(F)ccc1[C@@H](C)N(c1cc(F)ccc1F)S(=O)(=O)c1ccc(Cl)cc1. The van der Waals surface area contributed by atoms with Crippen LogP contribution in [0.5, 0.6) is 0 Å². The summed E-state index contributed by atoms with van der Waals surface area (Å²) >= 11 is 5.92. The molecule has 0 bridgehead atoms. The first-order chi connectivity index (χ1) is 18.5. The minimum atomic E-state index is -4.47. The van der Waals surface area contributed by atoms with Gasteiger partial charge in [0.2, 0.25) is 5.91 Å². The van der Waals surface area contributed by atoms with E-state index in [1.807, 2.05) is 0 Å². The average Bonchev–Trinajstić information content (AvgIpc) is 2.89. The third-order valence-corrected chi connectivity index (χ3v) is 8.23. The summed E-state index contributed by atoms with van der Waals surface area (Å²) in [5, 5.41) is 0.290. The Morgan fingerprint density at radius 2 is 1.54 bits per heavy atom. The number of aryl methyl sites for hydroxylation is 1. The van der Waals surface area contributed by atoms with Crippen molar-refractivity contribution in [1.29, 1.82) is 0 Å². The molecule has 3 aromatic rings. The van der Waals surface area contributed by atoms with Crippen LogP contribution in [0.1, 0.15) is 30.5 Å². The zero-order valence-electron chi connectivity index (χ0n) is 21.3. The Kier molecular flexibility index (Phi) is 9.99. The second-order valence-corrected chi connectivity index (χ2v) is 11.0. The minimum absolute atomic E-state index is 0.0108. The number of carbonyl (C=O) groups excluding carboxylic acids is 1. The molecule has 0 aliphatic rings. The standard InChI is InChI=1S/C29H28ClF3N2O3S/c1-4-16-34(17-5-2)29(36)15-6-21-18-23(31)9-13-26(21)20(3)35(28-19-24(32)10-14-27(28)33)39(37,38)25-11-7-22(30)8-12-25/h4-5,7-14,18-20H,1-2,6,15-17H2,3H3/t20-/m1/s1. The van der Waals surface area contributed by atoms with Crippen molar-refractivity contribution in [2.45, 2.75) is 30.7 Å². The molecule has 0 heterocycles. The fraction of sp³-hybridized carbons (Fsp3) is 0.207. The highest BCUT2D eigenvalue weighted by molar-refractivity contribution is 7.92. The van der Waals surface area contributed by atoms with Gasteiger partial charge in [-0.3, -0.25) is 9.10 Å². The Morgan fingerprint density at radius 1 is 0.949 bits per heavy atom. The van der Waals surface area contributed by atoms with Crippen LogP contribution in [0.2, 0.25) is 5.02 Å². The van der Waals surface area contributed by atoms with Gasteiger partial charge >= 0.3 is 0 Å². The van der Waals surface area contributed by atoms with Gasteiger partial charge in [-0.2, -0.15) is 0 Å². The van der Waals surface area contributed by atoms with Gasteiger partial charge in [-0.25, -0.2) is 21.6 Å². The first-order valence-corrected chi connectivity index (χ1v) is 13.8. The lowest BCUT2D eigenvalue weighted by Gasteiger charge is -2.32. The fourth-order valence-corrected chi connectivity index (χ4v) is 6.00. The first-order valence-electron chi connectivity index (χ1n) is 12.0. The molecule has 39 heavy (non-hydrogen) atoms. The number of halogens is 4. The third kappa shape index (κ3) is 7.10. The Balaban J connectivity index is 2.09. The number of anilines is 1. The summed E-state index contributed by atoms with van der Waals surface area (Å²) in [5.74, 6) is -2.64. The Bertz CT molecular complexity index is 1450. The van der Waals surface area contributed by atoms with Gasteiger partial charge in [0, 0.05) is 30.6 Å². The summed E-state index contributed by atoms with van der Waals surface area (Å²) in [6.45, 7) is 9.36. The molecule has 0 radical (unpaired) electrons. The smallest absolute Gasteiger partial charge is 0.264 e. The lowest BCUT2D eigenvalue weighted by Crippen LogP contribution is -2.35. The van der Waals surface area contributed by atoms with Gasteiger partial charge in [-0.15, -0.1) is 13.2 Å². The average molecular weight is 577 g/mol. The van der Waals surface area contributed by atoms with Gasteiger partial charge in [0.25, 0.3) is 10.0 Å². The number of hydrogen-bond donors (Lipinski definition) is 0. The molecule has 3 aromatic carbocycles. The van der Waals surface area contributed by atoms with Gasteiger partial charge in [-0.1, -0.05) is 29.8 Å². The first kappa shape index (κ1) is 30.0. The molecule has 3 rings (SSSR count). The normalized spacial score (nSPS) is 12.0. The molecule has 0 spiro atoms. The van der Waals surface area contributed by atoms with Gasteiger partial charge in [-0.05, 0) is 73.0 Å². The maximum absolute atomic E-state index is 15.0. The lowest BCUT2D eigenvalue weighted by molar-refractivity contribution is -0.130. The van der Waals surface area contributed by atoms with E-state index in [4.69, 9.17) is 11.6 Å². The molecular formula is C29H28ClF3N2O3S. The molecule has 0 saturated heterocycles. The molecule has 206 valence electrons. The van der Waals surface area contributed by atoms with E-state index in [9.17, 15) is 22.0 Å². The second kappa shape index (κ2) is 13.0. The van der Waals surface area contributed by atoms with E-state index in [1.54, 1.807) is 12.2 Å². The largest absolute Gasteiger partial charge is 0.335 e. The van der Waals surface area contributed by atoms with Crippen LogP contribution in [0.25, 0.3) is 0 Å². The van der Waals surface area contributed by atoms with Crippen molar-refractivity contribution in [1.82, 2.24) is 4.90 Å². The minimum Gasteiger partial charge on any atom is -0.335 e. The van der Waals surface area contributed by atoms with Crippen LogP contribution < -0.4 is 4.31 Å². The topological polar surface area (TPSA) is 57.7 Å². The molecule has 1 atom stereocenters. The maximum atomic E-state index is 15.0. The molecule has 0 N–H and O–H groups in total.